The second-order valence-electron chi connectivity index (χ2n) is 7.55. The standard InChI is InChI=1S/C19H20O4S/c1-10-2-4-11(5-3-10)24(21,22)23-19-14-8-6-12-16(14)17-13(18(12)20)7-9-15(17)19/h2-9,12-20H,1H3/t12-,13-,14-,15+,16+,17-,18?,19?/m0/s1. The molecule has 2 fully saturated rings. The average molecular weight is 344 g/mol. The summed E-state index contributed by atoms with van der Waals surface area (Å²) in [5, 5.41) is 10.5. The van der Waals surface area contributed by atoms with Gasteiger partial charge in [-0.05, 0) is 30.9 Å². The fraction of sp³-hybridized carbons (Fsp3) is 0.474. The summed E-state index contributed by atoms with van der Waals surface area (Å²) < 4.78 is 31.2. The monoisotopic (exact) mass is 344 g/mol. The van der Waals surface area contributed by atoms with Crippen LogP contribution < -0.4 is 0 Å². The van der Waals surface area contributed by atoms with E-state index in [1.54, 1.807) is 24.3 Å². The fourth-order valence-corrected chi connectivity index (χ4v) is 6.58. The maximum absolute atomic E-state index is 12.7. The van der Waals surface area contributed by atoms with Gasteiger partial charge in [0.2, 0.25) is 0 Å². The normalized spacial score (nSPS) is 44.4. The lowest BCUT2D eigenvalue weighted by Gasteiger charge is -2.23. The molecule has 4 aliphatic carbocycles. The van der Waals surface area contributed by atoms with E-state index in [0.29, 0.717) is 11.8 Å². The van der Waals surface area contributed by atoms with Crippen molar-refractivity contribution >= 4 is 10.1 Å². The first-order valence-corrected chi connectivity index (χ1v) is 9.93. The van der Waals surface area contributed by atoms with Gasteiger partial charge < -0.3 is 5.11 Å². The third kappa shape index (κ3) is 1.83. The number of rotatable bonds is 3. The first kappa shape index (κ1) is 14.9. The van der Waals surface area contributed by atoms with Crippen LogP contribution in [0.4, 0.5) is 0 Å². The highest BCUT2D eigenvalue weighted by Gasteiger charge is 2.65. The molecule has 2 unspecified atom stereocenters. The zero-order chi connectivity index (χ0) is 16.6. The molecular weight excluding hydrogens is 324 g/mol. The highest BCUT2D eigenvalue weighted by molar-refractivity contribution is 7.86. The Bertz CT molecular complexity index is 807. The molecule has 0 aliphatic heterocycles. The summed E-state index contributed by atoms with van der Waals surface area (Å²) in [7, 11) is -3.78. The Morgan fingerprint density at radius 3 is 1.92 bits per heavy atom. The molecule has 8 atom stereocenters. The van der Waals surface area contributed by atoms with E-state index in [1.165, 1.54) is 0 Å². The topological polar surface area (TPSA) is 63.6 Å². The Hall–Kier alpha value is -1.43. The molecular formula is C19H20O4S. The number of aryl methyl sites for hydroxylation is 1. The Balaban J connectivity index is 1.48. The summed E-state index contributed by atoms with van der Waals surface area (Å²) in [4.78, 5) is 0.210. The predicted molar refractivity (Wildman–Crippen MR) is 88.5 cm³/mol. The lowest BCUT2D eigenvalue weighted by molar-refractivity contribution is 0.0908. The van der Waals surface area contributed by atoms with E-state index in [2.05, 4.69) is 24.3 Å². The van der Waals surface area contributed by atoms with Gasteiger partial charge in [0.05, 0.1) is 17.1 Å². The first-order valence-electron chi connectivity index (χ1n) is 8.52. The van der Waals surface area contributed by atoms with Gasteiger partial charge >= 0.3 is 0 Å². The minimum Gasteiger partial charge on any atom is -0.392 e. The van der Waals surface area contributed by atoms with Crippen LogP contribution in [0.2, 0.25) is 0 Å². The van der Waals surface area contributed by atoms with Gasteiger partial charge in [-0.2, -0.15) is 8.42 Å². The molecule has 5 heteroatoms. The molecule has 0 spiro atoms. The Morgan fingerprint density at radius 2 is 1.38 bits per heavy atom. The molecule has 4 nitrogen and oxygen atoms in total. The van der Waals surface area contributed by atoms with Gasteiger partial charge in [0.1, 0.15) is 0 Å². The molecule has 126 valence electrons. The summed E-state index contributed by atoms with van der Waals surface area (Å²) in [5.41, 5.74) is 1.02. The van der Waals surface area contributed by atoms with E-state index in [4.69, 9.17) is 4.18 Å². The van der Waals surface area contributed by atoms with Crippen molar-refractivity contribution in [2.45, 2.75) is 24.0 Å². The van der Waals surface area contributed by atoms with Crippen molar-refractivity contribution in [2.75, 3.05) is 0 Å². The van der Waals surface area contributed by atoms with E-state index >= 15 is 0 Å². The quantitative estimate of drug-likeness (QED) is 0.675. The van der Waals surface area contributed by atoms with Crippen LogP contribution in [-0.4, -0.2) is 25.7 Å². The smallest absolute Gasteiger partial charge is 0.297 e. The highest BCUT2D eigenvalue weighted by Crippen LogP contribution is 2.64. The minimum atomic E-state index is -3.78. The summed E-state index contributed by atoms with van der Waals surface area (Å²) in [6.45, 7) is 1.92. The van der Waals surface area contributed by atoms with Crippen molar-refractivity contribution in [1.29, 1.82) is 0 Å². The number of aliphatic hydroxyl groups is 1. The Labute approximate surface area is 142 Å². The van der Waals surface area contributed by atoms with Crippen LogP contribution in [0.15, 0.2) is 53.5 Å². The second-order valence-corrected chi connectivity index (χ2v) is 9.12. The van der Waals surface area contributed by atoms with Crippen LogP contribution in [0.5, 0.6) is 0 Å². The van der Waals surface area contributed by atoms with Gasteiger partial charge in [-0.3, -0.25) is 4.18 Å². The maximum atomic E-state index is 12.7. The zero-order valence-corrected chi connectivity index (χ0v) is 14.1. The Morgan fingerprint density at radius 1 is 0.875 bits per heavy atom. The first-order chi connectivity index (χ1) is 11.5. The van der Waals surface area contributed by atoms with Gasteiger partial charge in [0.15, 0.2) is 0 Å². The number of benzene rings is 1. The summed E-state index contributed by atoms with van der Waals surface area (Å²) >= 11 is 0. The third-order valence-electron chi connectivity index (χ3n) is 6.43. The van der Waals surface area contributed by atoms with Gasteiger partial charge in [0, 0.05) is 23.7 Å². The molecule has 24 heavy (non-hydrogen) atoms. The molecule has 0 heterocycles. The molecule has 4 aliphatic rings. The molecule has 5 rings (SSSR count). The van der Waals surface area contributed by atoms with Crippen LogP contribution in [0.3, 0.4) is 0 Å². The van der Waals surface area contributed by atoms with Gasteiger partial charge in [-0.15, -0.1) is 0 Å². The van der Waals surface area contributed by atoms with E-state index in [9.17, 15) is 13.5 Å². The highest BCUT2D eigenvalue weighted by atomic mass is 32.2. The summed E-state index contributed by atoms with van der Waals surface area (Å²) in [5.74, 6) is 1.07. The van der Waals surface area contributed by atoms with Crippen molar-refractivity contribution in [1.82, 2.24) is 0 Å². The van der Waals surface area contributed by atoms with E-state index in [-0.39, 0.29) is 40.8 Å². The summed E-state index contributed by atoms with van der Waals surface area (Å²) in [6, 6.07) is 6.77. The SMILES string of the molecule is Cc1ccc(S(=O)(=O)OC2[C@H]3C=C[C@@H]4C(O)[C@H]5C=C[C@@H]2[C@H]5[C@H]43)cc1. The average Bonchev–Trinajstić information content (AvgIpc) is 3.25. The Kier molecular flexibility index (Phi) is 2.98. The second kappa shape index (κ2) is 4.81. The molecule has 1 aromatic rings. The molecule has 0 amide bonds. The van der Waals surface area contributed by atoms with Crippen molar-refractivity contribution in [2.24, 2.45) is 35.5 Å². The summed E-state index contributed by atoms with van der Waals surface area (Å²) in [6.07, 6.45) is 7.57. The van der Waals surface area contributed by atoms with E-state index in [0.717, 1.165) is 5.56 Å². The molecule has 0 bridgehead atoms. The van der Waals surface area contributed by atoms with E-state index < -0.39 is 10.1 Å². The number of hydrogen-bond acceptors (Lipinski definition) is 4. The van der Waals surface area contributed by atoms with E-state index in [1.807, 2.05) is 6.92 Å². The number of hydrogen-bond donors (Lipinski definition) is 1. The van der Waals surface area contributed by atoms with Gasteiger partial charge in [0.25, 0.3) is 10.1 Å². The van der Waals surface area contributed by atoms with Crippen molar-refractivity contribution in [3.8, 4) is 0 Å². The molecule has 1 N–H and O–H groups in total. The van der Waals surface area contributed by atoms with Crippen LogP contribution in [-0.2, 0) is 14.3 Å². The third-order valence-corrected chi connectivity index (χ3v) is 7.75. The van der Waals surface area contributed by atoms with Crippen LogP contribution in [0.25, 0.3) is 0 Å². The van der Waals surface area contributed by atoms with Crippen LogP contribution in [0, 0.1) is 42.4 Å². The molecule has 0 radical (unpaired) electrons. The molecule has 2 saturated carbocycles. The van der Waals surface area contributed by atoms with Crippen LogP contribution >= 0.6 is 0 Å². The lowest BCUT2D eigenvalue weighted by Crippen LogP contribution is -2.29. The fourth-order valence-electron chi connectivity index (χ4n) is 5.45. The van der Waals surface area contributed by atoms with Crippen LogP contribution in [0.1, 0.15) is 5.56 Å². The maximum Gasteiger partial charge on any atom is 0.297 e. The van der Waals surface area contributed by atoms with Crippen molar-refractivity contribution in [3.63, 3.8) is 0 Å². The molecule has 0 saturated heterocycles. The number of aliphatic hydroxyl groups excluding tert-OH is 1. The zero-order valence-electron chi connectivity index (χ0n) is 13.3. The predicted octanol–water partition coefficient (Wildman–Crippen LogP) is 2.29. The lowest BCUT2D eigenvalue weighted by atomic mass is 9.88. The van der Waals surface area contributed by atoms with Crippen molar-refractivity contribution in [3.05, 3.63) is 54.1 Å². The molecule has 0 aromatic heterocycles. The van der Waals surface area contributed by atoms with Gasteiger partial charge in [-0.1, -0.05) is 42.0 Å². The minimum absolute atomic E-state index is 0.0785. The van der Waals surface area contributed by atoms with Gasteiger partial charge in [-0.25, -0.2) is 0 Å². The largest absolute Gasteiger partial charge is 0.392 e. The molecule has 1 aromatic carbocycles. The van der Waals surface area contributed by atoms with Crippen molar-refractivity contribution < 1.29 is 17.7 Å².